The van der Waals surface area contributed by atoms with Crippen LogP contribution >= 0.6 is 0 Å². The highest BCUT2D eigenvalue weighted by Crippen LogP contribution is 2.31. The maximum Gasteiger partial charge on any atom is 0.414 e. The number of nitrogens with zero attached hydrogens (tertiary/aromatic N) is 6. The number of fused-ring (bicyclic) bond motifs is 1. The summed E-state index contributed by atoms with van der Waals surface area (Å²) in [5.74, 6) is -3.00. The second kappa shape index (κ2) is 12.2. The number of rotatable bonds is 5. The van der Waals surface area contributed by atoms with Crippen molar-refractivity contribution in [3.8, 4) is 0 Å². The van der Waals surface area contributed by atoms with E-state index in [0.29, 0.717) is 49.6 Å². The normalized spacial score (nSPS) is 19.9. The van der Waals surface area contributed by atoms with Crippen molar-refractivity contribution in [1.82, 2.24) is 24.8 Å². The summed E-state index contributed by atoms with van der Waals surface area (Å²) in [5.41, 5.74) is 2.04. The molecule has 3 aromatic rings. The Balaban J connectivity index is 1.24. The van der Waals surface area contributed by atoms with Crippen molar-refractivity contribution in [1.29, 1.82) is 0 Å². The average Bonchev–Trinajstić information content (AvgIpc) is 3.41. The van der Waals surface area contributed by atoms with Crippen molar-refractivity contribution in [2.45, 2.75) is 84.7 Å². The van der Waals surface area contributed by atoms with Crippen LogP contribution in [0.2, 0.25) is 0 Å². The molecule has 9 nitrogen and oxygen atoms in total. The van der Waals surface area contributed by atoms with E-state index < -0.39 is 29.1 Å². The third-order valence-corrected chi connectivity index (χ3v) is 8.21. The smallest absolute Gasteiger partial charge is 0.414 e. The van der Waals surface area contributed by atoms with Gasteiger partial charge in [0.05, 0.1) is 23.6 Å². The van der Waals surface area contributed by atoms with Gasteiger partial charge in [0.25, 0.3) is 5.91 Å². The minimum absolute atomic E-state index is 0.00227. The van der Waals surface area contributed by atoms with Crippen LogP contribution in [0.3, 0.4) is 0 Å². The summed E-state index contributed by atoms with van der Waals surface area (Å²) in [5, 5.41) is 8.30. The lowest BCUT2D eigenvalue weighted by atomic mass is 9.98. The van der Waals surface area contributed by atoms with Gasteiger partial charge in [0.2, 0.25) is 0 Å². The van der Waals surface area contributed by atoms with E-state index in [0.717, 1.165) is 24.1 Å². The standard InChI is InChI=1S/C32H39F3N6O3/c1-19-15-38(30(42)23-9-10-28-22(12-23)8-7-11-39(28)31(43)44-32(4,5)6)16-20(2)40(19)17-25-18-41(37-36-25)21(3)29-26(34)13-24(33)14-27(29)35/h9-10,12-14,18-21H,7-8,11,15-17H2,1-6H3/t19-,20+,21-/m0/s1. The van der Waals surface area contributed by atoms with Crippen LogP contribution in [0.5, 0.6) is 0 Å². The molecule has 1 saturated heterocycles. The lowest BCUT2D eigenvalue weighted by molar-refractivity contribution is 0.0264. The molecule has 2 aliphatic rings. The van der Waals surface area contributed by atoms with Crippen molar-refractivity contribution in [2.75, 3.05) is 24.5 Å². The number of hydrogen-bond acceptors (Lipinski definition) is 6. The molecule has 12 heteroatoms. The number of anilines is 1. The number of benzene rings is 2. The molecular formula is C32H39F3N6O3. The molecule has 2 aromatic carbocycles. The number of halogens is 3. The zero-order valence-electron chi connectivity index (χ0n) is 26.0. The van der Waals surface area contributed by atoms with E-state index in [1.165, 1.54) is 4.68 Å². The third-order valence-electron chi connectivity index (χ3n) is 8.21. The zero-order valence-corrected chi connectivity index (χ0v) is 26.0. The van der Waals surface area contributed by atoms with Crippen LogP contribution in [0.25, 0.3) is 0 Å². The zero-order chi connectivity index (χ0) is 31.9. The van der Waals surface area contributed by atoms with Gasteiger partial charge in [-0.05, 0) is 78.1 Å². The molecule has 2 aliphatic heterocycles. The fraction of sp³-hybridized carbons (Fsp3) is 0.500. The van der Waals surface area contributed by atoms with E-state index >= 15 is 0 Å². The minimum atomic E-state index is -0.979. The van der Waals surface area contributed by atoms with Crippen molar-refractivity contribution in [2.24, 2.45) is 0 Å². The van der Waals surface area contributed by atoms with Gasteiger partial charge in [-0.2, -0.15) is 0 Å². The Labute approximate surface area is 255 Å². The molecule has 0 aliphatic carbocycles. The summed E-state index contributed by atoms with van der Waals surface area (Å²) in [6.45, 7) is 13.2. The Morgan fingerprint density at radius 3 is 2.34 bits per heavy atom. The first kappa shape index (κ1) is 31.5. The van der Waals surface area contributed by atoms with Crippen LogP contribution in [-0.2, 0) is 17.7 Å². The van der Waals surface area contributed by atoms with Gasteiger partial charge in [-0.1, -0.05) is 5.21 Å². The SMILES string of the molecule is C[C@@H]1CN(C(=O)c2ccc3c(c2)CCCN3C(=O)OC(C)(C)C)C[C@H](C)N1Cc1cn([C@@H](C)c2c(F)cc(F)cc2F)nn1. The first-order valence-electron chi connectivity index (χ1n) is 15.0. The van der Waals surface area contributed by atoms with Crippen LogP contribution in [0.4, 0.5) is 23.7 Å². The third kappa shape index (κ3) is 6.59. The van der Waals surface area contributed by atoms with Crippen molar-refractivity contribution in [3.05, 3.63) is 76.4 Å². The van der Waals surface area contributed by atoms with E-state index in [2.05, 4.69) is 15.2 Å². The van der Waals surface area contributed by atoms with Gasteiger partial charge in [0, 0.05) is 61.5 Å². The highest BCUT2D eigenvalue weighted by molar-refractivity contribution is 5.96. The van der Waals surface area contributed by atoms with Crippen LogP contribution < -0.4 is 4.90 Å². The lowest BCUT2D eigenvalue weighted by Crippen LogP contribution is -2.57. The Morgan fingerprint density at radius 2 is 1.70 bits per heavy atom. The first-order valence-corrected chi connectivity index (χ1v) is 15.0. The summed E-state index contributed by atoms with van der Waals surface area (Å²) in [6.07, 6.45) is 2.81. The molecule has 236 valence electrons. The Kier molecular flexibility index (Phi) is 8.75. The highest BCUT2D eigenvalue weighted by atomic mass is 19.1. The monoisotopic (exact) mass is 612 g/mol. The highest BCUT2D eigenvalue weighted by Gasteiger charge is 2.34. The topological polar surface area (TPSA) is 83.8 Å². The fourth-order valence-corrected chi connectivity index (χ4v) is 6.10. The molecule has 2 amide bonds. The number of aryl methyl sites for hydroxylation is 1. The lowest BCUT2D eigenvalue weighted by Gasteiger charge is -2.44. The number of ether oxygens (including phenoxy) is 1. The van der Waals surface area contributed by atoms with Gasteiger partial charge in [-0.3, -0.25) is 14.6 Å². The number of piperazine rings is 1. The molecular weight excluding hydrogens is 573 g/mol. The van der Waals surface area contributed by atoms with Crippen molar-refractivity contribution >= 4 is 17.7 Å². The van der Waals surface area contributed by atoms with E-state index in [9.17, 15) is 22.8 Å². The quantitative estimate of drug-likeness (QED) is 0.366. The van der Waals surface area contributed by atoms with E-state index in [-0.39, 0.29) is 29.6 Å². The number of aromatic nitrogens is 3. The molecule has 5 rings (SSSR count). The molecule has 1 fully saturated rings. The summed E-state index contributed by atoms with van der Waals surface area (Å²) in [6, 6.07) is 5.98. The number of carbonyl (C=O) groups is 2. The van der Waals surface area contributed by atoms with Gasteiger partial charge in [-0.15, -0.1) is 5.10 Å². The summed E-state index contributed by atoms with van der Waals surface area (Å²) in [7, 11) is 0. The summed E-state index contributed by atoms with van der Waals surface area (Å²) < 4.78 is 49.0. The fourth-order valence-electron chi connectivity index (χ4n) is 6.10. The van der Waals surface area contributed by atoms with Gasteiger partial charge in [-0.25, -0.2) is 22.6 Å². The summed E-state index contributed by atoms with van der Waals surface area (Å²) >= 11 is 0. The molecule has 0 bridgehead atoms. The van der Waals surface area contributed by atoms with Gasteiger partial charge in [0.1, 0.15) is 23.1 Å². The van der Waals surface area contributed by atoms with E-state index in [4.69, 9.17) is 4.74 Å². The van der Waals surface area contributed by atoms with Crippen LogP contribution in [0, 0.1) is 17.5 Å². The van der Waals surface area contributed by atoms with Crippen LogP contribution in [0.15, 0.2) is 36.5 Å². The van der Waals surface area contributed by atoms with Gasteiger partial charge >= 0.3 is 6.09 Å². The van der Waals surface area contributed by atoms with Crippen molar-refractivity contribution in [3.63, 3.8) is 0 Å². The minimum Gasteiger partial charge on any atom is -0.443 e. The molecule has 3 atom stereocenters. The van der Waals surface area contributed by atoms with Crippen molar-refractivity contribution < 1.29 is 27.5 Å². The predicted octanol–water partition coefficient (Wildman–Crippen LogP) is 5.73. The van der Waals surface area contributed by atoms with Crippen LogP contribution in [-0.4, -0.2) is 74.1 Å². The van der Waals surface area contributed by atoms with Gasteiger partial charge in [0.15, 0.2) is 0 Å². The molecule has 44 heavy (non-hydrogen) atoms. The molecule has 1 aromatic heterocycles. The Hall–Kier alpha value is -3.93. The molecule has 0 spiro atoms. The van der Waals surface area contributed by atoms with E-state index in [1.807, 2.05) is 51.7 Å². The molecule has 0 N–H and O–H groups in total. The Morgan fingerprint density at radius 1 is 1.05 bits per heavy atom. The Bertz CT molecular complexity index is 1520. The number of carbonyl (C=O) groups excluding carboxylic acids is 2. The second-order valence-electron chi connectivity index (χ2n) is 12.8. The summed E-state index contributed by atoms with van der Waals surface area (Å²) in [4.78, 5) is 32.1. The average molecular weight is 613 g/mol. The molecule has 3 heterocycles. The molecule has 0 radical (unpaired) electrons. The van der Waals surface area contributed by atoms with Crippen LogP contribution in [0.1, 0.15) is 81.2 Å². The van der Waals surface area contributed by atoms with E-state index in [1.54, 1.807) is 24.1 Å². The molecule has 0 saturated carbocycles. The first-order chi connectivity index (χ1) is 20.7. The predicted molar refractivity (Wildman–Crippen MR) is 159 cm³/mol. The maximum atomic E-state index is 14.3. The number of amides is 2. The maximum absolute atomic E-state index is 14.3. The molecule has 0 unspecified atom stereocenters. The van der Waals surface area contributed by atoms with Gasteiger partial charge < -0.3 is 9.64 Å². The number of hydrogen-bond donors (Lipinski definition) is 0. The largest absolute Gasteiger partial charge is 0.443 e. The second-order valence-corrected chi connectivity index (χ2v) is 12.8.